The third-order valence-electron chi connectivity index (χ3n) is 4.13. The first-order valence-electron chi connectivity index (χ1n) is 7.60. The molecule has 3 aromatic rings. The van der Waals surface area contributed by atoms with Crippen molar-refractivity contribution in [3.8, 4) is 0 Å². The molecular formula is C18H20N4O. The Hall–Kier alpha value is -2.82. The number of fused-ring (bicyclic) bond motifs is 1. The van der Waals surface area contributed by atoms with E-state index in [4.69, 9.17) is 0 Å². The van der Waals surface area contributed by atoms with Gasteiger partial charge in [0.2, 0.25) is 0 Å². The normalized spacial score (nSPS) is 12.1. The topological polar surface area (TPSA) is 59.0 Å². The maximum Gasteiger partial charge on any atom is 0.319 e. The smallest absolute Gasteiger partial charge is 0.319 e. The van der Waals surface area contributed by atoms with Crippen molar-refractivity contribution >= 4 is 22.5 Å². The van der Waals surface area contributed by atoms with Crippen LogP contribution in [0.2, 0.25) is 0 Å². The molecule has 2 amide bonds. The molecule has 0 bridgehead atoms. The summed E-state index contributed by atoms with van der Waals surface area (Å²) >= 11 is 0. The minimum Gasteiger partial charge on any atom is -0.331 e. The van der Waals surface area contributed by atoms with Crippen molar-refractivity contribution in [2.75, 3.05) is 5.32 Å². The summed E-state index contributed by atoms with van der Waals surface area (Å²) in [7, 11) is 1.89. The number of anilines is 1. The second-order valence-corrected chi connectivity index (χ2v) is 5.66. The van der Waals surface area contributed by atoms with Crippen molar-refractivity contribution in [2.24, 2.45) is 7.05 Å². The highest BCUT2D eigenvalue weighted by Gasteiger charge is 2.15. The van der Waals surface area contributed by atoms with Crippen molar-refractivity contribution in [3.05, 3.63) is 59.9 Å². The number of carbonyl (C=O) groups is 1. The third kappa shape index (κ3) is 3.04. The van der Waals surface area contributed by atoms with Crippen molar-refractivity contribution in [1.29, 1.82) is 0 Å². The molecule has 0 saturated carbocycles. The van der Waals surface area contributed by atoms with Crippen molar-refractivity contribution in [1.82, 2.24) is 15.1 Å². The van der Waals surface area contributed by atoms with Gasteiger partial charge >= 0.3 is 6.03 Å². The first-order chi connectivity index (χ1) is 11.1. The van der Waals surface area contributed by atoms with Crippen LogP contribution in [0.3, 0.4) is 0 Å². The van der Waals surface area contributed by atoms with Crippen LogP contribution in [0.15, 0.2) is 48.7 Å². The fraction of sp³-hybridized carbons (Fsp3) is 0.222. The highest BCUT2D eigenvalue weighted by molar-refractivity contribution is 6.01. The van der Waals surface area contributed by atoms with Gasteiger partial charge in [-0.2, -0.15) is 5.10 Å². The molecule has 5 nitrogen and oxygen atoms in total. The van der Waals surface area contributed by atoms with E-state index in [-0.39, 0.29) is 12.1 Å². The number of aromatic nitrogens is 2. The molecule has 0 unspecified atom stereocenters. The molecule has 118 valence electrons. The largest absolute Gasteiger partial charge is 0.331 e. The summed E-state index contributed by atoms with van der Waals surface area (Å²) in [5, 5.41) is 12.2. The summed E-state index contributed by atoms with van der Waals surface area (Å²) in [4.78, 5) is 12.3. The molecule has 3 rings (SSSR count). The van der Waals surface area contributed by atoms with Gasteiger partial charge in [0.1, 0.15) is 0 Å². The van der Waals surface area contributed by atoms with Gasteiger partial charge in [-0.15, -0.1) is 0 Å². The van der Waals surface area contributed by atoms with Gasteiger partial charge in [-0.1, -0.05) is 36.4 Å². The molecule has 2 aromatic carbocycles. The van der Waals surface area contributed by atoms with E-state index in [9.17, 15) is 4.79 Å². The molecule has 1 heterocycles. The lowest BCUT2D eigenvalue weighted by atomic mass is 10.1. The summed E-state index contributed by atoms with van der Waals surface area (Å²) < 4.78 is 1.80. The van der Waals surface area contributed by atoms with E-state index in [2.05, 4.69) is 15.7 Å². The lowest BCUT2D eigenvalue weighted by molar-refractivity contribution is 0.249. The zero-order chi connectivity index (χ0) is 16.4. The maximum absolute atomic E-state index is 12.3. The fourth-order valence-electron chi connectivity index (χ4n) is 2.71. The average molecular weight is 308 g/mol. The predicted octanol–water partition coefficient (Wildman–Crippen LogP) is 3.76. The number of hydrogen-bond acceptors (Lipinski definition) is 2. The molecule has 0 aliphatic rings. The number of urea groups is 1. The van der Waals surface area contributed by atoms with Crippen LogP contribution in [-0.2, 0) is 7.05 Å². The summed E-state index contributed by atoms with van der Waals surface area (Å²) in [5.41, 5.74) is 2.86. The Morgan fingerprint density at radius 3 is 2.65 bits per heavy atom. The number of aryl methyl sites for hydroxylation is 1. The molecular weight excluding hydrogens is 288 g/mol. The number of hydrogen-bond donors (Lipinski definition) is 2. The summed E-state index contributed by atoms with van der Waals surface area (Å²) in [6, 6.07) is 13.5. The first kappa shape index (κ1) is 15.1. The molecule has 0 aliphatic carbocycles. The number of benzene rings is 2. The molecule has 0 radical (unpaired) electrons. The van der Waals surface area contributed by atoms with Gasteiger partial charge in [0.25, 0.3) is 0 Å². The first-order valence-corrected chi connectivity index (χ1v) is 7.60. The molecule has 1 atom stereocenters. The van der Waals surface area contributed by atoms with Gasteiger partial charge < -0.3 is 10.6 Å². The number of nitrogens with one attached hydrogen (secondary N) is 2. The Labute approximate surface area is 135 Å². The monoisotopic (exact) mass is 308 g/mol. The zero-order valence-electron chi connectivity index (χ0n) is 13.5. The van der Waals surface area contributed by atoms with E-state index in [1.165, 1.54) is 0 Å². The van der Waals surface area contributed by atoms with Crippen LogP contribution in [0.5, 0.6) is 0 Å². The summed E-state index contributed by atoms with van der Waals surface area (Å²) in [6.07, 6.45) is 1.79. The van der Waals surface area contributed by atoms with Crippen molar-refractivity contribution < 1.29 is 4.79 Å². The Kier molecular flexibility index (Phi) is 4.02. The van der Waals surface area contributed by atoms with Gasteiger partial charge in [-0.05, 0) is 25.3 Å². The highest BCUT2D eigenvalue weighted by atomic mass is 16.2. The predicted molar refractivity (Wildman–Crippen MR) is 92.5 cm³/mol. The Bertz CT molecular complexity index is 848. The van der Waals surface area contributed by atoms with Crippen LogP contribution in [0.1, 0.15) is 24.2 Å². The van der Waals surface area contributed by atoms with E-state index in [0.717, 1.165) is 27.7 Å². The van der Waals surface area contributed by atoms with E-state index in [1.807, 2.05) is 63.4 Å². The van der Waals surface area contributed by atoms with Gasteiger partial charge in [0.15, 0.2) is 0 Å². The second kappa shape index (κ2) is 6.12. The van der Waals surface area contributed by atoms with Gasteiger partial charge in [0, 0.05) is 23.7 Å². The third-order valence-corrected chi connectivity index (χ3v) is 4.13. The second-order valence-electron chi connectivity index (χ2n) is 5.66. The maximum atomic E-state index is 12.3. The fourth-order valence-corrected chi connectivity index (χ4v) is 2.71. The molecule has 0 aliphatic heterocycles. The van der Waals surface area contributed by atoms with Crippen LogP contribution in [0.25, 0.3) is 10.8 Å². The number of rotatable bonds is 3. The SMILES string of the molecule is Cc1c([C@@H](C)NC(=O)Nc2cccc3ccccc23)cnn1C. The highest BCUT2D eigenvalue weighted by Crippen LogP contribution is 2.23. The number of carbonyl (C=O) groups excluding carboxylic acids is 1. The molecule has 0 spiro atoms. The minimum absolute atomic E-state index is 0.112. The Balaban J connectivity index is 1.75. The number of amides is 2. The molecule has 0 saturated heterocycles. The lowest BCUT2D eigenvalue weighted by Gasteiger charge is -2.15. The molecule has 2 N–H and O–H groups in total. The molecule has 5 heteroatoms. The number of nitrogens with zero attached hydrogens (tertiary/aromatic N) is 2. The van der Waals surface area contributed by atoms with E-state index in [0.29, 0.717) is 0 Å². The standard InChI is InChI=1S/C18H20N4O/c1-12(16-11-19-22(3)13(16)2)20-18(23)21-17-10-6-8-14-7-4-5-9-15(14)17/h4-12H,1-3H3,(H2,20,21,23)/t12-/m1/s1. The van der Waals surface area contributed by atoms with Crippen LogP contribution in [0, 0.1) is 6.92 Å². The average Bonchev–Trinajstić information content (AvgIpc) is 2.87. The molecule has 1 aromatic heterocycles. The Morgan fingerprint density at radius 2 is 1.91 bits per heavy atom. The van der Waals surface area contributed by atoms with Crippen molar-refractivity contribution in [3.63, 3.8) is 0 Å². The van der Waals surface area contributed by atoms with Crippen LogP contribution in [0.4, 0.5) is 10.5 Å². The van der Waals surface area contributed by atoms with E-state index in [1.54, 1.807) is 10.9 Å². The lowest BCUT2D eigenvalue weighted by Crippen LogP contribution is -2.31. The van der Waals surface area contributed by atoms with Crippen LogP contribution in [-0.4, -0.2) is 15.8 Å². The van der Waals surface area contributed by atoms with Crippen LogP contribution < -0.4 is 10.6 Å². The van der Waals surface area contributed by atoms with E-state index < -0.39 is 0 Å². The molecule has 23 heavy (non-hydrogen) atoms. The van der Waals surface area contributed by atoms with Gasteiger partial charge in [0.05, 0.1) is 17.9 Å². The van der Waals surface area contributed by atoms with Crippen molar-refractivity contribution in [2.45, 2.75) is 19.9 Å². The van der Waals surface area contributed by atoms with Crippen LogP contribution >= 0.6 is 0 Å². The Morgan fingerprint density at radius 1 is 1.17 bits per heavy atom. The minimum atomic E-state index is -0.225. The quantitative estimate of drug-likeness (QED) is 0.774. The zero-order valence-corrected chi connectivity index (χ0v) is 13.5. The van der Waals surface area contributed by atoms with E-state index >= 15 is 0 Å². The summed E-state index contributed by atoms with van der Waals surface area (Å²) in [6.45, 7) is 3.94. The summed E-state index contributed by atoms with van der Waals surface area (Å²) in [5.74, 6) is 0. The molecule has 0 fully saturated rings. The van der Waals surface area contributed by atoms with Gasteiger partial charge in [-0.25, -0.2) is 4.79 Å². The van der Waals surface area contributed by atoms with Gasteiger partial charge in [-0.3, -0.25) is 4.68 Å².